The van der Waals surface area contributed by atoms with Crippen molar-refractivity contribution in [3.8, 4) is 0 Å². The molecule has 0 atom stereocenters. The third kappa shape index (κ3) is 3.78. The Bertz CT molecular complexity index is 654. The maximum Gasteiger partial charge on any atom is 0.224 e. The molecule has 0 aliphatic rings. The van der Waals surface area contributed by atoms with Gasteiger partial charge in [-0.1, -0.05) is 18.2 Å². The number of halogens is 2. The smallest absolute Gasteiger partial charge is 0.224 e. The van der Waals surface area contributed by atoms with E-state index in [1.165, 1.54) is 13.0 Å². The zero-order chi connectivity index (χ0) is 15.4. The van der Waals surface area contributed by atoms with Crippen LogP contribution in [-0.2, 0) is 11.2 Å². The second-order valence-corrected chi connectivity index (χ2v) is 4.84. The Hall–Kier alpha value is -2.43. The van der Waals surface area contributed by atoms with Crippen LogP contribution in [0.4, 0.5) is 20.2 Å². The third-order valence-corrected chi connectivity index (χ3v) is 3.17. The van der Waals surface area contributed by atoms with Gasteiger partial charge in [0.2, 0.25) is 5.91 Å². The fraction of sp³-hybridized carbons (Fsp3) is 0.188. The Balaban J connectivity index is 1.99. The highest BCUT2D eigenvalue weighted by molar-refractivity contribution is 5.91. The topological polar surface area (TPSA) is 55.1 Å². The van der Waals surface area contributed by atoms with Gasteiger partial charge in [0, 0.05) is 12.1 Å². The van der Waals surface area contributed by atoms with Crippen molar-refractivity contribution in [3.05, 3.63) is 59.2 Å². The van der Waals surface area contributed by atoms with E-state index in [2.05, 4.69) is 5.32 Å². The van der Waals surface area contributed by atoms with Crippen molar-refractivity contribution in [2.75, 3.05) is 11.1 Å². The predicted molar refractivity (Wildman–Crippen MR) is 78.9 cm³/mol. The van der Waals surface area contributed by atoms with Crippen LogP contribution in [0.2, 0.25) is 0 Å². The first kappa shape index (κ1) is 15.0. The van der Waals surface area contributed by atoms with E-state index in [1.54, 1.807) is 12.1 Å². The minimum Gasteiger partial charge on any atom is -0.399 e. The fourth-order valence-corrected chi connectivity index (χ4v) is 1.92. The molecule has 0 heterocycles. The number of benzene rings is 2. The number of hydrogen-bond acceptors (Lipinski definition) is 2. The quantitative estimate of drug-likeness (QED) is 0.848. The molecule has 0 aliphatic heterocycles. The Labute approximate surface area is 121 Å². The third-order valence-electron chi connectivity index (χ3n) is 3.17. The molecule has 2 aromatic carbocycles. The van der Waals surface area contributed by atoms with E-state index in [4.69, 9.17) is 5.73 Å². The van der Waals surface area contributed by atoms with Crippen LogP contribution < -0.4 is 11.1 Å². The predicted octanol–water partition coefficient (Wildman–Crippen LogP) is 3.43. The van der Waals surface area contributed by atoms with Crippen LogP contribution in [0.5, 0.6) is 0 Å². The average molecular weight is 290 g/mol. The van der Waals surface area contributed by atoms with Gasteiger partial charge < -0.3 is 11.1 Å². The van der Waals surface area contributed by atoms with Gasteiger partial charge in [0.1, 0.15) is 11.5 Å². The van der Waals surface area contributed by atoms with E-state index in [9.17, 15) is 13.6 Å². The summed E-state index contributed by atoms with van der Waals surface area (Å²) in [6.07, 6.45) is 0.609. The molecular weight excluding hydrogens is 274 g/mol. The van der Waals surface area contributed by atoms with Gasteiger partial charge in [0.25, 0.3) is 0 Å². The Morgan fingerprint density at radius 2 is 1.81 bits per heavy atom. The van der Waals surface area contributed by atoms with Crippen molar-refractivity contribution >= 4 is 17.3 Å². The van der Waals surface area contributed by atoms with Crippen LogP contribution in [0.3, 0.4) is 0 Å². The summed E-state index contributed by atoms with van der Waals surface area (Å²) in [6.45, 7) is 1.51. The molecule has 0 saturated heterocycles. The molecule has 0 radical (unpaired) electrons. The molecule has 0 aliphatic carbocycles. The molecule has 110 valence electrons. The molecule has 0 bridgehead atoms. The van der Waals surface area contributed by atoms with E-state index in [0.29, 0.717) is 12.1 Å². The number of rotatable bonds is 4. The Morgan fingerprint density at radius 1 is 1.14 bits per heavy atom. The molecule has 5 heteroatoms. The van der Waals surface area contributed by atoms with Gasteiger partial charge in [0.15, 0.2) is 5.82 Å². The lowest BCUT2D eigenvalue weighted by molar-refractivity contribution is -0.116. The van der Waals surface area contributed by atoms with Crippen molar-refractivity contribution < 1.29 is 13.6 Å². The van der Waals surface area contributed by atoms with Crippen LogP contribution in [0.25, 0.3) is 0 Å². The number of nitrogens with two attached hydrogens (primary N) is 1. The van der Waals surface area contributed by atoms with Crippen molar-refractivity contribution in [2.24, 2.45) is 0 Å². The maximum absolute atomic E-state index is 13.8. The summed E-state index contributed by atoms with van der Waals surface area (Å²) >= 11 is 0. The molecule has 2 aromatic rings. The number of nitrogen functional groups attached to an aromatic ring is 1. The Kier molecular flexibility index (Phi) is 4.52. The number of amides is 1. The largest absolute Gasteiger partial charge is 0.399 e. The lowest BCUT2D eigenvalue weighted by atomic mass is 10.1. The van der Waals surface area contributed by atoms with Crippen LogP contribution in [0.15, 0.2) is 36.4 Å². The molecule has 0 spiro atoms. The van der Waals surface area contributed by atoms with Gasteiger partial charge >= 0.3 is 0 Å². The molecule has 2 rings (SSSR count). The number of aryl methyl sites for hydroxylation is 2. The summed E-state index contributed by atoms with van der Waals surface area (Å²) in [7, 11) is 0. The number of carbonyl (C=O) groups excluding carboxylic acids is 1. The standard InChI is InChI=1S/C16H16F2N2O/c1-10-2-8-13(17)16(15(10)18)20-14(21)9-5-11-3-6-12(19)7-4-11/h2-4,6-8H,5,9,19H2,1H3,(H,20,21). The zero-order valence-electron chi connectivity index (χ0n) is 11.6. The number of anilines is 2. The minimum absolute atomic E-state index is 0.136. The lowest BCUT2D eigenvalue weighted by Gasteiger charge is -2.09. The van der Waals surface area contributed by atoms with Gasteiger partial charge in [0.05, 0.1) is 0 Å². The van der Waals surface area contributed by atoms with Gasteiger partial charge in [-0.15, -0.1) is 0 Å². The van der Waals surface area contributed by atoms with Gasteiger partial charge in [-0.05, 0) is 42.7 Å². The molecular formula is C16H16F2N2O. The van der Waals surface area contributed by atoms with Crippen LogP contribution in [-0.4, -0.2) is 5.91 Å². The van der Waals surface area contributed by atoms with Gasteiger partial charge in [-0.2, -0.15) is 0 Å². The maximum atomic E-state index is 13.8. The van der Waals surface area contributed by atoms with Crippen molar-refractivity contribution in [1.29, 1.82) is 0 Å². The SMILES string of the molecule is Cc1ccc(F)c(NC(=O)CCc2ccc(N)cc2)c1F. The van der Waals surface area contributed by atoms with Crippen LogP contribution in [0.1, 0.15) is 17.5 Å². The molecule has 0 saturated carbocycles. The molecule has 0 fully saturated rings. The molecule has 3 nitrogen and oxygen atoms in total. The summed E-state index contributed by atoms with van der Waals surface area (Å²) in [5.41, 5.74) is 7.04. The van der Waals surface area contributed by atoms with Gasteiger partial charge in [-0.25, -0.2) is 8.78 Å². The van der Waals surface area contributed by atoms with Crippen LogP contribution in [0, 0.1) is 18.6 Å². The van der Waals surface area contributed by atoms with Crippen molar-refractivity contribution in [2.45, 2.75) is 19.8 Å². The number of hydrogen-bond donors (Lipinski definition) is 2. The number of nitrogens with one attached hydrogen (secondary N) is 1. The fourth-order valence-electron chi connectivity index (χ4n) is 1.92. The molecule has 0 unspecified atom stereocenters. The molecule has 21 heavy (non-hydrogen) atoms. The molecule has 3 N–H and O–H groups in total. The van der Waals surface area contributed by atoms with E-state index in [-0.39, 0.29) is 12.0 Å². The second kappa shape index (κ2) is 6.35. The molecule has 0 aromatic heterocycles. The molecule has 1 amide bonds. The highest BCUT2D eigenvalue weighted by Gasteiger charge is 2.14. The Morgan fingerprint density at radius 3 is 2.48 bits per heavy atom. The first-order valence-electron chi connectivity index (χ1n) is 6.56. The first-order valence-corrected chi connectivity index (χ1v) is 6.56. The zero-order valence-corrected chi connectivity index (χ0v) is 11.6. The summed E-state index contributed by atoms with van der Waals surface area (Å²) in [4.78, 5) is 11.8. The van der Waals surface area contributed by atoms with Crippen molar-refractivity contribution in [1.82, 2.24) is 0 Å². The van der Waals surface area contributed by atoms with Crippen molar-refractivity contribution in [3.63, 3.8) is 0 Å². The lowest BCUT2D eigenvalue weighted by Crippen LogP contribution is -2.15. The summed E-state index contributed by atoms with van der Waals surface area (Å²) in [5, 5.41) is 2.29. The monoisotopic (exact) mass is 290 g/mol. The van der Waals surface area contributed by atoms with E-state index in [1.807, 2.05) is 12.1 Å². The normalized spacial score (nSPS) is 10.4. The van der Waals surface area contributed by atoms with E-state index >= 15 is 0 Å². The van der Waals surface area contributed by atoms with E-state index < -0.39 is 23.2 Å². The van der Waals surface area contributed by atoms with E-state index in [0.717, 1.165) is 11.6 Å². The van der Waals surface area contributed by atoms with Crippen LogP contribution >= 0.6 is 0 Å². The summed E-state index contributed by atoms with van der Waals surface area (Å²) in [6, 6.07) is 9.58. The average Bonchev–Trinajstić information content (AvgIpc) is 2.47. The highest BCUT2D eigenvalue weighted by Crippen LogP contribution is 2.22. The summed E-state index contributed by atoms with van der Waals surface area (Å²) in [5.74, 6) is -1.95. The van der Waals surface area contributed by atoms with Gasteiger partial charge in [-0.3, -0.25) is 4.79 Å². The summed E-state index contributed by atoms with van der Waals surface area (Å²) < 4.78 is 27.3. The first-order chi connectivity index (χ1) is 9.97. The minimum atomic E-state index is -0.779. The second-order valence-electron chi connectivity index (χ2n) is 4.84. The number of carbonyl (C=O) groups is 1. The highest BCUT2D eigenvalue weighted by atomic mass is 19.1.